The maximum Gasteiger partial charge on any atom is 0.289 e. The Balaban J connectivity index is 2.00. The predicted octanol–water partition coefficient (Wildman–Crippen LogP) is 2.49. The van der Waals surface area contributed by atoms with Crippen molar-refractivity contribution < 1.29 is 18.1 Å². The van der Waals surface area contributed by atoms with Crippen LogP contribution in [0.4, 0.5) is 5.69 Å². The van der Waals surface area contributed by atoms with Crippen molar-refractivity contribution in [1.29, 1.82) is 0 Å². The lowest BCUT2D eigenvalue weighted by atomic mass is 10.1. The van der Waals surface area contributed by atoms with Crippen molar-refractivity contribution >= 4 is 15.7 Å². The molecular weight excluding hydrogens is 344 g/mol. The number of hydrogen-bond acceptors (Lipinski definition) is 5. The molecule has 3 rings (SSSR count). The number of sulfonamides is 1. The van der Waals surface area contributed by atoms with Crippen molar-refractivity contribution in [2.45, 2.75) is 24.5 Å². The Hall–Kier alpha value is -2.29. The van der Waals surface area contributed by atoms with Gasteiger partial charge in [0, 0.05) is 19.2 Å². The van der Waals surface area contributed by atoms with Crippen LogP contribution >= 0.6 is 0 Å². The number of benzene rings is 2. The van der Waals surface area contributed by atoms with E-state index in [1.54, 1.807) is 0 Å². The first-order valence-electron chi connectivity index (χ1n) is 7.79. The molecule has 0 amide bonds. The minimum absolute atomic E-state index is 0.140. The van der Waals surface area contributed by atoms with E-state index in [9.17, 15) is 18.5 Å². The smallest absolute Gasteiger partial charge is 0.289 e. The summed E-state index contributed by atoms with van der Waals surface area (Å²) >= 11 is 0. The zero-order valence-electron chi connectivity index (χ0n) is 13.7. The molecule has 1 atom stereocenters. The molecule has 2 aromatic rings. The Morgan fingerprint density at radius 2 is 1.84 bits per heavy atom. The summed E-state index contributed by atoms with van der Waals surface area (Å²) in [4.78, 5) is 10.3. The fourth-order valence-corrected chi connectivity index (χ4v) is 4.20. The molecule has 1 aliphatic heterocycles. The Morgan fingerprint density at radius 3 is 2.48 bits per heavy atom. The van der Waals surface area contributed by atoms with Gasteiger partial charge in [-0.15, -0.1) is 0 Å². The third-order valence-corrected chi connectivity index (χ3v) is 5.96. The number of nitrogens with zero attached hydrogens (tertiary/aromatic N) is 2. The zero-order valence-corrected chi connectivity index (χ0v) is 14.5. The molecule has 7 nitrogen and oxygen atoms in total. The molecule has 0 aliphatic carbocycles. The summed E-state index contributed by atoms with van der Waals surface area (Å²) in [7, 11) is -4.04. The van der Waals surface area contributed by atoms with E-state index >= 15 is 0 Å². The first-order valence-corrected chi connectivity index (χ1v) is 9.23. The van der Waals surface area contributed by atoms with E-state index in [1.807, 2.05) is 31.2 Å². The van der Waals surface area contributed by atoms with Crippen LogP contribution in [0.1, 0.15) is 11.1 Å². The van der Waals surface area contributed by atoms with Crippen molar-refractivity contribution in [3.63, 3.8) is 0 Å². The molecule has 1 fully saturated rings. The summed E-state index contributed by atoms with van der Waals surface area (Å²) in [5.74, 6) is 0. The minimum atomic E-state index is -4.04. The van der Waals surface area contributed by atoms with Gasteiger partial charge < -0.3 is 4.74 Å². The third-order valence-electron chi connectivity index (χ3n) is 4.10. The van der Waals surface area contributed by atoms with E-state index in [0.717, 1.165) is 11.1 Å². The van der Waals surface area contributed by atoms with Crippen LogP contribution in [0.5, 0.6) is 0 Å². The summed E-state index contributed by atoms with van der Waals surface area (Å²) in [6.45, 7) is 2.71. The molecule has 0 N–H and O–H groups in total. The summed E-state index contributed by atoms with van der Waals surface area (Å²) in [5, 5.41) is 11.2. The van der Waals surface area contributed by atoms with Crippen LogP contribution in [-0.2, 0) is 21.3 Å². The number of para-hydroxylation sites is 1. The molecule has 0 spiro atoms. The lowest BCUT2D eigenvalue weighted by Crippen LogP contribution is -2.34. The average Bonchev–Trinajstić information content (AvgIpc) is 3.40. The predicted molar refractivity (Wildman–Crippen MR) is 91.6 cm³/mol. The number of hydrogen-bond donors (Lipinski definition) is 0. The second-order valence-electron chi connectivity index (χ2n) is 5.90. The molecule has 8 heteroatoms. The molecule has 0 saturated carbocycles. The lowest BCUT2D eigenvalue weighted by molar-refractivity contribution is -0.387. The fourth-order valence-electron chi connectivity index (χ4n) is 2.59. The molecule has 0 aromatic heterocycles. The Bertz CT molecular complexity index is 893. The monoisotopic (exact) mass is 362 g/mol. The second kappa shape index (κ2) is 6.91. The second-order valence-corrected chi connectivity index (χ2v) is 7.81. The zero-order chi connectivity index (χ0) is 18.0. The lowest BCUT2D eigenvalue weighted by Gasteiger charge is -2.22. The highest BCUT2D eigenvalue weighted by atomic mass is 32.2. The fraction of sp³-hybridized carbons (Fsp3) is 0.294. The number of epoxide rings is 1. The molecule has 1 unspecified atom stereocenters. The third kappa shape index (κ3) is 3.87. The van der Waals surface area contributed by atoms with Crippen LogP contribution in [0, 0.1) is 17.0 Å². The number of nitro groups is 1. The van der Waals surface area contributed by atoms with Gasteiger partial charge in [-0.25, -0.2) is 8.42 Å². The molecule has 1 aliphatic rings. The number of rotatable bonds is 7. The minimum Gasteiger partial charge on any atom is -0.372 e. The first-order chi connectivity index (χ1) is 11.9. The molecule has 132 valence electrons. The molecule has 0 bridgehead atoms. The van der Waals surface area contributed by atoms with E-state index in [0.29, 0.717) is 6.61 Å². The SMILES string of the molecule is Cc1ccccc1CN(CC1CO1)S(=O)(=O)c1ccccc1[N+](=O)[O-]. The van der Waals surface area contributed by atoms with Crippen molar-refractivity contribution in [1.82, 2.24) is 4.31 Å². The molecule has 0 radical (unpaired) electrons. The summed E-state index contributed by atoms with van der Waals surface area (Å²) in [6.07, 6.45) is -0.165. The van der Waals surface area contributed by atoms with Gasteiger partial charge in [-0.05, 0) is 24.1 Å². The standard InChI is InChI=1S/C17H18N2O5S/c1-13-6-2-3-7-14(13)10-18(11-15-12-24-15)25(22,23)17-9-5-4-8-16(17)19(20)21/h2-9,15H,10-12H2,1H3. The molecule has 2 aromatic carbocycles. The Kier molecular flexibility index (Phi) is 4.85. The van der Waals surface area contributed by atoms with Gasteiger partial charge in [0.1, 0.15) is 0 Å². The van der Waals surface area contributed by atoms with Gasteiger partial charge in [0.15, 0.2) is 4.90 Å². The molecular formula is C17H18N2O5S. The maximum absolute atomic E-state index is 13.1. The quantitative estimate of drug-likeness (QED) is 0.429. The van der Waals surface area contributed by atoms with E-state index < -0.39 is 20.6 Å². The highest BCUT2D eigenvalue weighted by Gasteiger charge is 2.36. The van der Waals surface area contributed by atoms with Crippen LogP contribution in [0.15, 0.2) is 53.4 Å². The number of nitro benzene ring substituents is 1. The first kappa shape index (κ1) is 17.5. The van der Waals surface area contributed by atoms with Crippen molar-refractivity contribution in [2.24, 2.45) is 0 Å². The Morgan fingerprint density at radius 1 is 1.20 bits per heavy atom. The van der Waals surface area contributed by atoms with Crippen molar-refractivity contribution in [3.8, 4) is 0 Å². The van der Waals surface area contributed by atoms with Crippen LogP contribution in [0.3, 0.4) is 0 Å². The van der Waals surface area contributed by atoms with Gasteiger partial charge >= 0.3 is 0 Å². The van der Waals surface area contributed by atoms with E-state index in [2.05, 4.69) is 0 Å². The topological polar surface area (TPSA) is 93.1 Å². The van der Waals surface area contributed by atoms with Gasteiger partial charge in [-0.2, -0.15) is 4.31 Å². The summed E-state index contributed by atoms with van der Waals surface area (Å²) < 4.78 is 32.6. The van der Waals surface area contributed by atoms with E-state index in [1.165, 1.54) is 28.6 Å². The molecule has 25 heavy (non-hydrogen) atoms. The average molecular weight is 362 g/mol. The highest BCUT2D eigenvalue weighted by molar-refractivity contribution is 7.89. The Labute approximate surface area is 146 Å². The van der Waals surface area contributed by atoms with Crippen molar-refractivity contribution in [2.75, 3.05) is 13.2 Å². The largest absolute Gasteiger partial charge is 0.372 e. The van der Waals surface area contributed by atoms with Crippen molar-refractivity contribution in [3.05, 3.63) is 69.8 Å². The normalized spacial score (nSPS) is 16.8. The molecule has 1 saturated heterocycles. The van der Waals surface area contributed by atoms with Gasteiger partial charge in [0.05, 0.1) is 17.6 Å². The van der Waals surface area contributed by atoms with E-state index in [-0.39, 0.29) is 24.1 Å². The summed E-state index contributed by atoms with van der Waals surface area (Å²) in [6, 6.07) is 12.9. The van der Waals surface area contributed by atoms with Crippen LogP contribution in [0.2, 0.25) is 0 Å². The van der Waals surface area contributed by atoms with Crippen LogP contribution in [-0.4, -0.2) is 36.9 Å². The van der Waals surface area contributed by atoms with Gasteiger partial charge in [-0.1, -0.05) is 36.4 Å². The molecule has 1 heterocycles. The van der Waals surface area contributed by atoms with Crippen LogP contribution in [0.25, 0.3) is 0 Å². The van der Waals surface area contributed by atoms with Gasteiger partial charge in [0.2, 0.25) is 10.0 Å². The number of aryl methyl sites for hydroxylation is 1. The highest BCUT2D eigenvalue weighted by Crippen LogP contribution is 2.29. The van der Waals surface area contributed by atoms with Gasteiger partial charge in [0.25, 0.3) is 5.69 Å². The van der Waals surface area contributed by atoms with Gasteiger partial charge in [-0.3, -0.25) is 10.1 Å². The maximum atomic E-state index is 13.1. The summed E-state index contributed by atoms with van der Waals surface area (Å²) in [5.41, 5.74) is 1.39. The van der Waals surface area contributed by atoms with Crippen LogP contribution < -0.4 is 0 Å². The number of ether oxygens (including phenoxy) is 1. The van der Waals surface area contributed by atoms with E-state index in [4.69, 9.17) is 4.74 Å².